The molecule has 1 unspecified atom stereocenters. The Kier molecular flexibility index (Phi) is 11.2. The summed E-state index contributed by atoms with van der Waals surface area (Å²) in [6.07, 6.45) is 2.45. The zero-order valence-corrected chi connectivity index (χ0v) is 23.4. The van der Waals surface area contributed by atoms with Crippen LogP contribution in [0, 0.1) is 5.92 Å². The summed E-state index contributed by atoms with van der Waals surface area (Å²) in [4.78, 5) is 27.6. The normalized spacial score (nSPS) is 12.3. The second kappa shape index (κ2) is 13.7. The van der Waals surface area contributed by atoms with Gasteiger partial charge in [0.15, 0.2) is 0 Å². The number of aryl methyl sites for hydroxylation is 1. The molecule has 0 fully saturated rings. The van der Waals surface area contributed by atoms with E-state index in [1.165, 1.54) is 4.31 Å². The van der Waals surface area contributed by atoms with Crippen LogP contribution in [0.3, 0.4) is 0 Å². The Morgan fingerprint density at radius 1 is 0.972 bits per heavy atom. The van der Waals surface area contributed by atoms with Crippen LogP contribution in [0.25, 0.3) is 0 Å². The SMILES string of the molecule is CCc1ccc(N(CCCC(=O)N(Cc2ccc(Cl)cc2)C(C)C(=O)NCC(C)C)S(C)(=O)=O)cc1. The largest absolute Gasteiger partial charge is 0.354 e. The van der Waals surface area contributed by atoms with Crippen molar-refractivity contribution in [3.63, 3.8) is 0 Å². The Labute approximate surface area is 220 Å². The first-order valence-corrected chi connectivity index (χ1v) is 14.5. The van der Waals surface area contributed by atoms with Crippen molar-refractivity contribution in [3.05, 3.63) is 64.7 Å². The van der Waals surface area contributed by atoms with E-state index in [0.717, 1.165) is 23.8 Å². The van der Waals surface area contributed by atoms with Gasteiger partial charge in [-0.1, -0.05) is 56.6 Å². The van der Waals surface area contributed by atoms with Crippen molar-refractivity contribution in [2.24, 2.45) is 5.92 Å². The Morgan fingerprint density at radius 3 is 2.08 bits per heavy atom. The molecule has 0 radical (unpaired) electrons. The standard InChI is InChI=1S/C27H38ClN3O4S/c1-6-22-11-15-25(16-12-22)31(36(5,34)35)17-7-8-26(32)30(19-23-9-13-24(28)14-10-23)21(4)27(33)29-18-20(2)3/h9-16,20-21H,6-8,17-19H2,1-5H3,(H,29,33). The van der Waals surface area contributed by atoms with Crippen LogP contribution in [0.1, 0.15) is 51.7 Å². The van der Waals surface area contributed by atoms with Crippen LogP contribution < -0.4 is 9.62 Å². The van der Waals surface area contributed by atoms with E-state index in [9.17, 15) is 18.0 Å². The van der Waals surface area contributed by atoms with E-state index < -0.39 is 16.1 Å². The molecule has 7 nitrogen and oxygen atoms in total. The van der Waals surface area contributed by atoms with Gasteiger partial charge in [-0.05, 0) is 61.1 Å². The molecule has 36 heavy (non-hydrogen) atoms. The highest BCUT2D eigenvalue weighted by Gasteiger charge is 2.26. The predicted molar refractivity (Wildman–Crippen MR) is 147 cm³/mol. The van der Waals surface area contributed by atoms with Crippen molar-refractivity contribution in [1.29, 1.82) is 0 Å². The van der Waals surface area contributed by atoms with Gasteiger partial charge in [-0.3, -0.25) is 13.9 Å². The van der Waals surface area contributed by atoms with Crippen LogP contribution in [0.5, 0.6) is 0 Å². The molecular formula is C27H38ClN3O4S. The van der Waals surface area contributed by atoms with Crippen LogP contribution in [0.2, 0.25) is 5.02 Å². The molecule has 2 rings (SSSR count). The summed E-state index contributed by atoms with van der Waals surface area (Å²) in [5.41, 5.74) is 2.54. The van der Waals surface area contributed by atoms with Gasteiger partial charge in [0.25, 0.3) is 0 Å². The van der Waals surface area contributed by atoms with Crippen LogP contribution in [-0.4, -0.2) is 50.5 Å². The van der Waals surface area contributed by atoms with Crippen molar-refractivity contribution in [2.45, 2.75) is 59.5 Å². The van der Waals surface area contributed by atoms with E-state index in [-0.39, 0.29) is 37.2 Å². The maximum atomic E-state index is 13.3. The first kappa shape index (κ1) is 29.6. The third-order valence-corrected chi connectivity index (χ3v) is 7.35. The number of nitrogens with zero attached hydrogens (tertiary/aromatic N) is 2. The number of amides is 2. The van der Waals surface area contributed by atoms with Crippen molar-refractivity contribution in [2.75, 3.05) is 23.7 Å². The van der Waals surface area contributed by atoms with Crippen LogP contribution in [0.4, 0.5) is 5.69 Å². The fourth-order valence-corrected chi connectivity index (χ4v) is 4.81. The summed E-state index contributed by atoms with van der Waals surface area (Å²) in [6.45, 7) is 8.69. The first-order valence-electron chi connectivity index (χ1n) is 12.3. The second-order valence-electron chi connectivity index (χ2n) is 9.42. The van der Waals surface area contributed by atoms with Gasteiger partial charge in [0.05, 0.1) is 11.9 Å². The summed E-state index contributed by atoms with van der Waals surface area (Å²) in [6, 6.07) is 13.9. The molecular weight excluding hydrogens is 498 g/mol. The van der Waals surface area contributed by atoms with E-state index >= 15 is 0 Å². The third kappa shape index (κ3) is 9.13. The number of hydrogen-bond donors (Lipinski definition) is 1. The molecule has 0 aliphatic heterocycles. The molecule has 2 aromatic carbocycles. The lowest BCUT2D eigenvalue weighted by Gasteiger charge is -2.29. The molecule has 9 heteroatoms. The molecule has 0 aliphatic rings. The lowest BCUT2D eigenvalue weighted by molar-refractivity contribution is -0.140. The Balaban J connectivity index is 2.14. The van der Waals surface area contributed by atoms with E-state index in [4.69, 9.17) is 11.6 Å². The minimum Gasteiger partial charge on any atom is -0.354 e. The molecule has 1 atom stereocenters. The van der Waals surface area contributed by atoms with Crippen molar-refractivity contribution >= 4 is 39.1 Å². The first-order chi connectivity index (χ1) is 16.9. The van der Waals surface area contributed by atoms with Gasteiger partial charge >= 0.3 is 0 Å². The zero-order chi connectivity index (χ0) is 26.9. The zero-order valence-electron chi connectivity index (χ0n) is 21.8. The predicted octanol–water partition coefficient (Wildman–Crippen LogP) is 4.64. The lowest BCUT2D eigenvalue weighted by atomic mass is 10.1. The van der Waals surface area contributed by atoms with Gasteiger partial charge in [0, 0.05) is 31.1 Å². The van der Waals surface area contributed by atoms with Gasteiger partial charge in [0.2, 0.25) is 21.8 Å². The molecule has 0 saturated heterocycles. The minimum atomic E-state index is -3.52. The van der Waals surface area contributed by atoms with Crippen LogP contribution in [-0.2, 0) is 32.6 Å². The molecule has 0 heterocycles. The quantitative estimate of drug-likeness (QED) is 0.405. The van der Waals surface area contributed by atoms with Crippen molar-refractivity contribution in [3.8, 4) is 0 Å². The molecule has 0 saturated carbocycles. The number of sulfonamides is 1. The molecule has 2 amide bonds. The molecule has 2 aromatic rings. The lowest BCUT2D eigenvalue weighted by Crippen LogP contribution is -2.48. The second-order valence-corrected chi connectivity index (χ2v) is 11.8. The number of benzene rings is 2. The van der Waals surface area contributed by atoms with E-state index in [1.54, 1.807) is 36.1 Å². The van der Waals surface area contributed by atoms with Gasteiger partial charge in [-0.25, -0.2) is 8.42 Å². The fraction of sp³-hybridized carbons (Fsp3) is 0.481. The molecule has 0 bridgehead atoms. The number of halogens is 1. The van der Waals surface area contributed by atoms with Crippen molar-refractivity contribution in [1.82, 2.24) is 10.2 Å². The highest BCUT2D eigenvalue weighted by Crippen LogP contribution is 2.20. The van der Waals surface area contributed by atoms with Crippen LogP contribution >= 0.6 is 11.6 Å². The maximum absolute atomic E-state index is 13.3. The fourth-order valence-electron chi connectivity index (χ4n) is 3.72. The molecule has 198 valence electrons. The molecule has 1 N–H and O–H groups in total. The van der Waals surface area contributed by atoms with Gasteiger partial charge in [-0.2, -0.15) is 0 Å². The average Bonchev–Trinajstić information content (AvgIpc) is 2.83. The summed E-state index contributed by atoms with van der Waals surface area (Å²) >= 11 is 6.00. The minimum absolute atomic E-state index is 0.106. The Bertz CT molecular complexity index is 1100. The number of anilines is 1. The van der Waals surface area contributed by atoms with Crippen LogP contribution in [0.15, 0.2) is 48.5 Å². The van der Waals surface area contributed by atoms with E-state index in [1.807, 2.05) is 45.0 Å². The molecule has 0 aliphatic carbocycles. The number of rotatable bonds is 13. The topological polar surface area (TPSA) is 86.8 Å². The summed E-state index contributed by atoms with van der Waals surface area (Å²) in [5.74, 6) is -0.151. The number of carbonyl (C=O) groups excluding carboxylic acids is 2. The highest BCUT2D eigenvalue weighted by atomic mass is 35.5. The summed E-state index contributed by atoms with van der Waals surface area (Å²) in [7, 11) is -3.52. The Hall–Kier alpha value is -2.58. The van der Waals surface area contributed by atoms with E-state index in [2.05, 4.69) is 5.32 Å². The summed E-state index contributed by atoms with van der Waals surface area (Å²) in [5, 5.41) is 3.49. The van der Waals surface area contributed by atoms with Gasteiger partial charge in [0.1, 0.15) is 6.04 Å². The molecule has 0 aromatic heterocycles. The molecule has 0 spiro atoms. The van der Waals surface area contributed by atoms with E-state index in [0.29, 0.717) is 23.7 Å². The highest BCUT2D eigenvalue weighted by molar-refractivity contribution is 7.92. The summed E-state index contributed by atoms with van der Waals surface area (Å²) < 4.78 is 26.2. The monoisotopic (exact) mass is 535 g/mol. The maximum Gasteiger partial charge on any atom is 0.242 e. The van der Waals surface area contributed by atoms with Crippen molar-refractivity contribution < 1.29 is 18.0 Å². The third-order valence-electron chi connectivity index (χ3n) is 5.90. The Morgan fingerprint density at radius 2 is 1.56 bits per heavy atom. The number of hydrogen-bond acceptors (Lipinski definition) is 4. The van der Waals surface area contributed by atoms with Gasteiger partial charge in [-0.15, -0.1) is 0 Å². The smallest absolute Gasteiger partial charge is 0.242 e. The van der Waals surface area contributed by atoms with Gasteiger partial charge < -0.3 is 10.2 Å². The average molecular weight is 536 g/mol. The number of carbonyl (C=O) groups is 2. The number of nitrogens with one attached hydrogen (secondary N) is 1.